The van der Waals surface area contributed by atoms with Gasteiger partial charge in [-0.15, -0.1) is 0 Å². The molecule has 0 aromatic rings. The van der Waals surface area contributed by atoms with E-state index in [4.69, 9.17) is 4.43 Å². The SMILES string of the molecule is CC(C)[Si](OCBr)(C(C)C)C(C)C. The highest BCUT2D eigenvalue weighted by Crippen LogP contribution is 2.42. The molecule has 0 saturated carbocycles. The van der Waals surface area contributed by atoms with Crippen LogP contribution in [0.15, 0.2) is 0 Å². The van der Waals surface area contributed by atoms with Crippen molar-refractivity contribution >= 4 is 24.2 Å². The summed E-state index contributed by atoms with van der Waals surface area (Å²) in [6.07, 6.45) is 0. The molecule has 0 fully saturated rings. The van der Waals surface area contributed by atoms with Gasteiger partial charge in [-0.25, -0.2) is 0 Å². The predicted molar refractivity (Wildman–Crippen MR) is 65.9 cm³/mol. The second-order valence-corrected chi connectivity index (χ2v) is 10.5. The Kier molecular flexibility index (Phi) is 5.80. The molecule has 0 amide bonds. The topological polar surface area (TPSA) is 9.23 Å². The third kappa shape index (κ3) is 2.80. The molecule has 13 heavy (non-hydrogen) atoms. The molecule has 0 bridgehead atoms. The van der Waals surface area contributed by atoms with Crippen molar-refractivity contribution in [2.24, 2.45) is 0 Å². The minimum absolute atomic E-state index is 0.685. The van der Waals surface area contributed by atoms with Gasteiger partial charge in [0.05, 0.1) is 5.52 Å². The number of halogens is 1. The van der Waals surface area contributed by atoms with E-state index in [-0.39, 0.29) is 0 Å². The number of rotatable bonds is 5. The van der Waals surface area contributed by atoms with E-state index in [1.165, 1.54) is 0 Å². The van der Waals surface area contributed by atoms with Gasteiger partial charge in [0.25, 0.3) is 0 Å². The fraction of sp³-hybridized carbons (Fsp3) is 1.00. The third-order valence-corrected chi connectivity index (χ3v) is 9.72. The maximum Gasteiger partial charge on any atom is 0.201 e. The Labute approximate surface area is 92.5 Å². The van der Waals surface area contributed by atoms with Gasteiger partial charge in [-0.3, -0.25) is 0 Å². The zero-order chi connectivity index (χ0) is 10.6. The molecule has 0 unspecified atom stereocenters. The lowest BCUT2D eigenvalue weighted by molar-refractivity contribution is 0.346. The minimum Gasteiger partial charge on any atom is -0.406 e. The van der Waals surface area contributed by atoms with E-state index in [0.717, 1.165) is 0 Å². The van der Waals surface area contributed by atoms with Crippen molar-refractivity contribution in [1.82, 2.24) is 0 Å². The van der Waals surface area contributed by atoms with Crippen LogP contribution in [-0.2, 0) is 4.43 Å². The third-order valence-electron chi connectivity index (χ3n) is 3.01. The highest BCUT2D eigenvalue weighted by Gasteiger charge is 2.44. The summed E-state index contributed by atoms with van der Waals surface area (Å²) in [6, 6.07) is 0. The lowest BCUT2D eigenvalue weighted by atomic mass is 10.5. The van der Waals surface area contributed by atoms with Gasteiger partial charge in [0.1, 0.15) is 0 Å². The van der Waals surface area contributed by atoms with Crippen molar-refractivity contribution in [3.63, 3.8) is 0 Å². The Balaban J connectivity index is 4.82. The molecule has 0 saturated heterocycles. The van der Waals surface area contributed by atoms with E-state index in [1.807, 2.05) is 0 Å². The monoisotopic (exact) mass is 266 g/mol. The summed E-state index contributed by atoms with van der Waals surface area (Å²) in [6.45, 7) is 13.8. The van der Waals surface area contributed by atoms with E-state index in [9.17, 15) is 0 Å². The summed E-state index contributed by atoms with van der Waals surface area (Å²) in [4.78, 5) is 0. The molecule has 0 aliphatic rings. The molecule has 0 radical (unpaired) electrons. The standard InChI is InChI=1S/C10H23BrOSi/c1-8(2)13(9(3)4,10(5)6)12-7-11/h8-10H,7H2,1-6H3. The van der Waals surface area contributed by atoms with Gasteiger partial charge < -0.3 is 4.43 Å². The molecule has 0 heterocycles. The molecule has 0 atom stereocenters. The average Bonchev–Trinajstić information content (AvgIpc) is 1.97. The lowest BCUT2D eigenvalue weighted by Gasteiger charge is -2.41. The molecular formula is C10H23BrOSi. The molecule has 3 heteroatoms. The Morgan fingerprint density at radius 1 is 0.923 bits per heavy atom. The normalized spacial score (nSPS) is 13.4. The quantitative estimate of drug-likeness (QED) is 0.525. The first-order chi connectivity index (χ1) is 5.89. The number of hydrogen-bond donors (Lipinski definition) is 0. The first-order valence-electron chi connectivity index (χ1n) is 5.09. The van der Waals surface area contributed by atoms with Crippen molar-refractivity contribution in [3.8, 4) is 0 Å². The summed E-state index contributed by atoms with van der Waals surface area (Å²) in [5.74, 6) is 0. The average molecular weight is 267 g/mol. The Hall–Kier alpha value is 0.657. The fourth-order valence-electron chi connectivity index (χ4n) is 2.59. The zero-order valence-corrected chi connectivity index (χ0v) is 12.3. The zero-order valence-electron chi connectivity index (χ0n) is 9.73. The van der Waals surface area contributed by atoms with Crippen molar-refractivity contribution in [2.45, 2.75) is 58.2 Å². The fourth-order valence-corrected chi connectivity index (χ4v) is 8.97. The van der Waals surface area contributed by atoms with Gasteiger partial charge in [-0.2, -0.15) is 0 Å². The van der Waals surface area contributed by atoms with Crippen LogP contribution in [0.2, 0.25) is 16.6 Å². The summed E-state index contributed by atoms with van der Waals surface area (Å²) in [7, 11) is -1.57. The molecule has 0 rings (SSSR count). The molecule has 0 spiro atoms. The molecular weight excluding hydrogens is 244 g/mol. The van der Waals surface area contributed by atoms with Crippen LogP contribution in [0.4, 0.5) is 0 Å². The van der Waals surface area contributed by atoms with E-state index in [1.54, 1.807) is 0 Å². The first kappa shape index (κ1) is 13.7. The van der Waals surface area contributed by atoms with Crippen LogP contribution >= 0.6 is 15.9 Å². The molecule has 0 N–H and O–H groups in total. The van der Waals surface area contributed by atoms with Crippen molar-refractivity contribution in [2.75, 3.05) is 5.52 Å². The van der Waals surface area contributed by atoms with Crippen LogP contribution in [0.5, 0.6) is 0 Å². The Morgan fingerprint density at radius 2 is 1.23 bits per heavy atom. The Morgan fingerprint density at radius 3 is 1.31 bits per heavy atom. The van der Waals surface area contributed by atoms with Crippen molar-refractivity contribution < 1.29 is 4.43 Å². The first-order valence-corrected chi connectivity index (χ1v) is 8.35. The van der Waals surface area contributed by atoms with E-state index in [2.05, 4.69) is 57.5 Å². The molecule has 0 aromatic carbocycles. The summed E-state index contributed by atoms with van der Waals surface area (Å²) < 4.78 is 6.07. The second-order valence-electron chi connectivity index (χ2n) is 4.57. The second kappa shape index (κ2) is 5.52. The smallest absolute Gasteiger partial charge is 0.201 e. The van der Waals surface area contributed by atoms with E-state index in [0.29, 0.717) is 22.1 Å². The van der Waals surface area contributed by atoms with Crippen molar-refractivity contribution in [1.29, 1.82) is 0 Å². The highest BCUT2D eigenvalue weighted by atomic mass is 79.9. The molecule has 0 aliphatic heterocycles. The van der Waals surface area contributed by atoms with Gasteiger partial charge in [0, 0.05) is 0 Å². The highest BCUT2D eigenvalue weighted by molar-refractivity contribution is 9.09. The maximum absolute atomic E-state index is 6.07. The van der Waals surface area contributed by atoms with Crippen LogP contribution in [0.3, 0.4) is 0 Å². The molecule has 1 nitrogen and oxygen atoms in total. The van der Waals surface area contributed by atoms with Crippen LogP contribution in [-0.4, -0.2) is 13.8 Å². The van der Waals surface area contributed by atoms with Gasteiger partial charge >= 0.3 is 0 Å². The van der Waals surface area contributed by atoms with Crippen LogP contribution in [0.25, 0.3) is 0 Å². The maximum atomic E-state index is 6.07. The summed E-state index contributed by atoms with van der Waals surface area (Å²) in [5, 5.41) is 0. The van der Waals surface area contributed by atoms with Gasteiger partial charge in [0.15, 0.2) is 0 Å². The Bertz CT molecular complexity index is 124. The summed E-state index contributed by atoms with van der Waals surface area (Å²) >= 11 is 3.40. The van der Waals surface area contributed by atoms with E-state index >= 15 is 0 Å². The van der Waals surface area contributed by atoms with Gasteiger partial charge in [-0.05, 0) is 16.6 Å². The minimum atomic E-state index is -1.57. The van der Waals surface area contributed by atoms with Gasteiger partial charge in [0.2, 0.25) is 8.32 Å². The summed E-state index contributed by atoms with van der Waals surface area (Å²) in [5.41, 5.74) is 2.74. The number of alkyl halides is 1. The van der Waals surface area contributed by atoms with Gasteiger partial charge in [-0.1, -0.05) is 57.5 Å². The molecule has 80 valence electrons. The van der Waals surface area contributed by atoms with Crippen molar-refractivity contribution in [3.05, 3.63) is 0 Å². The van der Waals surface area contributed by atoms with Crippen LogP contribution in [0.1, 0.15) is 41.5 Å². The number of hydrogen-bond acceptors (Lipinski definition) is 1. The van der Waals surface area contributed by atoms with Crippen LogP contribution in [0, 0.1) is 0 Å². The van der Waals surface area contributed by atoms with Crippen LogP contribution < -0.4 is 0 Å². The lowest BCUT2D eigenvalue weighted by Crippen LogP contribution is -2.47. The predicted octanol–water partition coefficient (Wildman–Crippen LogP) is 4.53. The largest absolute Gasteiger partial charge is 0.406 e. The molecule has 0 aliphatic carbocycles. The van der Waals surface area contributed by atoms with E-state index < -0.39 is 8.32 Å². The molecule has 0 aromatic heterocycles.